The van der Waals surface area contributed by atoms with E-state index in [0.29, 0.717) is 43.7 Å². The molecule has 2 aliphatic carbocycles. The molecule has 1 aromatic rings. The highest BCUT2D eigenvalue weighted by Crippen LogP contribution is 2.47. The number of allylic oxidation sites excluding steroid dienone is 1. The number of alkyl carbamates (subject to hydrolysis) is 1. The van der Waals surface area contributed by atoms with Crippen LogP contribution in [-0.4, -0.2) is 80.2 Å². The molecule has 6 unspecified atom stereocenters. The quantitative estimate of drug-likeness (QED) is 0.390. The predicted octanol–water partition coefficient (Wildman–Crippen LogP) is 4.35. The number of nitrogens with one attached hydrogen (secondary N) is 3. The summed E-state index contributed by atoms with van der Waals surface area (Å²) in [6.45, 7) is 5.97. The number of ether oxygens (including phenoxy) is 1. The molecule has 1 aromatic carbocycles. The minimum absolute atomic E-state index is 0.0516. The van der Waals surface area contributed by atoms with Gasteiger partial charge in [-0.25, -0.2) is 9.00 Å². The van der Waals surface area contributed by atoms with E-state index in [9.17, 15) is 23.4 Å². The van der Waals surface area contributed by atoms with Gasteiger partial charge in [0.2, 0.25) is 11.8 Å². The van der Waals surface area contributed by atoms with Crippen molar-refractivity contribution in [1.29, 1.82) is 0 Å². The van der Waals surface area contributed by atoms with Gasteiger partial charge in [-0.05, 0) is 89.8 Å². The Kier molecular flexibility index (Phi) is 9.79. The third-order valence-corrected chi connectivity index (χ3v) is 11.6. The van der Waals surface area contributed by atoms with Crippen molar-refractivity contribution in [2.24, 2.45) is 16.3 Å². The highest BCUT2D eigenvalue weighted by atomic mass is 35.5. The van der Waals surface area contributed by atoms with E-state index in [1.807, 2.05) is 30.4 Å². The van der Waals surface area contributed by atoms with E-state index in [2.05, 4.69) is 15.4 Å². The number of benzene rings is 1. The number of aliphatic imine (C=N–C) groups is 1. The molecule has 0 aromatic heterocycles. The van der Waals surface area contributed by atoms with Crippen LogP contribution in [-0.2, 0) is 30.1 Å². The molecular formula is C35H46ClN5O6S. The second kappa shape index (κ2) is 13.6. The number of fused-ring (bicyclic) bond motifs is 2. The molecule has 5 aliphatic rings. The number of hydrogen-bond donors (Lipinski definition) is 3. The second-order valence-electron chi connectivity index (χ2n) is 15.1. The van der Waals surface area contributed by atoms with E-state index in [4.69, 9.17) is 21.3 Å². The first-order chi connectivity index (χ1) is 22.8. The molecule has 4 amide bonds. The van der Waals surface area contributed by atoms with Crippen molar-refractivity contribution in [2.75, 3.05) is 13.1 Å². The van der Waals surface area contributed by atoms with Gasteiger partial charge in [-0.2, -0.15) is 0 Å². The first-order valence-electron chi connectivity index (χ1n) is 17.1. The lowest BCUT2D eigenvalue weighted by Crippen LogP contribution is -2.58. The van der Waals surface area contributed by atoms with Crippen LogP contribution in [0.1, 0.15) is 90.5 Å². The Balaban J connectivity index is 1.29. The molecule has 6 rings (SSSR count). The van der Waals surface area contributed by atoms with Crippen molar-refractivity contribution in [1.82, 2.24) is 20.3 Å². The minimum Gasteiger partial charge on any atom is -0.444 e. The summed E-state index contributed by atoms with van der Waals surface area (Å²) in [4.78, 5) is 61.8. The number of carbonyl (C=O) groups excluding carboxylic acids is 4. The Hall–Kier alpha value is -3.25. The monoisotopic (exact) mass is 699 g/mol. The molecule has 48 heavy (non-hydrogen) atoms. The van der Waals surface area contributed by atoms with Gasteiger partial charge in [0.1, 0.15) is 34.2 Å². The smallest absolute Gasteiger partial charge is 0.408 e. The molecule has 0 bridgehead atoms. The predicted molar refractivity (Wildman–Crippen MR) is 184 cm³/mol. The normalized spacial score (nSPS) is 32.1. The summed E-state index contributed by atoms with van der Waals surface area (Å²) < 4.78 is 20.9. The summed E-state index contributed by atoms with van der Waals surface area (Å²) >= 11 is 6.28. The van der Waals surface area contributed by atoms with Crippen molar-refractivity contribution in [3.63, 3.8) is 0 Å². The van der Waals surface area contributed by atoms with Gasteiger partial charge in [0.15, 0.2) is 0 Å². The zero-order valence-corrected chi connectivity index (χ0v) is 29.5. The number of amides is 4. The molecule has 1 saturated heterocycles. The molecule has 3 aliphatic heterocycles. The van der Waals surface area contributed by atoms with Crippen LogP contribution in [0.25, 0.3) is 0 Å². The van der Waals surface area contributed by atoms with E-state index in [1.165, 1.54) is 0 Å². The van der Waals surface area contributed by atoms with Gasteiger partial charge in [0.05, 0.1) is 5.25 Å². The van der Waals surface area contributed by atoms with Crippen molar-refractivity contribution in [3.05, 3.63) is 47.0 Å². The maximum atomic E-state index is 14.5. The van der Waals surface area contributed by atoms with E-state index in [-0.39, 0.29) is 23.6 Å². The maximum Gasteiger partial charge on any atom is 0.408 e. The Morgan fingerprint density at radius 2 is 1.92 bits per heavy atom. The SMILES string of the molecule is CC(C)(C)OC(=O)NC1CCCCC/C=C\C2CC2(C(=O)NS(=O)C2CC2)NC(=O)C2CC3(CN=C(c4cccc(Cl)c4)C3)CN2C1=O. The van der Waals surface area contributed by atoms with E-state index < -0.39 is 57.5 Å². The molecule has 13 heteroatoms. The van der Waals surface area contributed by atoms with Gasteiger partial charge in [0, 0.05) is 35.2 Å². The fraction of sp³-hybridized carbons (Fsp3) is 0.629. The zero-order chi connectivity index (χ0) is 34.3. The molecular weight excluding hydrogens is 654 g/mol. The zero-order valence-electron chi connectivity index (χ0n) is 27.9. The fourth-order valence-electron chi connectivity index (χ4n) is 7.14. The summed E-state index contributed by atoms with van der Waals surface area (Å²) in [5, 5.41) is 6.39. The van der Waals surface area contributed by atoms with Crippen LogP contribution in [0.3, 0.4) is 0 Å². The van der Waals surface area contributed by atoms with Crippen LogP contribution in [0.2, 0.25) is 5.02 Å². The molecule has 3 N–H and O–H groups in total. The van der Waals surface area contributed by atoms with Crippen molar-refractivity contribution < 1.29 is 28.1 Å². The first kappa shape index (κ1) is 34.6. The summed E-state index contributed by atoms with van der Waals surface area (Å²) in [7, 11) is -1.51. The number of hydrogen-bond acceptors (Lipinski definition) is 7. The average Bonchev–Trinajstić information content (AvgIpc) is 3.91. The number of halogens is 1. The average molecular weight is 700 g/mol. The van der Waals surface area contributed by atoms with Crippen LogP contribution >= 0.6 is 11.6 Å². The van der Waals surface area contributed by atoms with Crippen LogP contribution in [0.4, 0.5) is 4.79 Å². The van der Waals surface area contributed by atoms with Gasteiger partial charge >= 0.3 is 6.09 Å². The van der Waals surface area contributed by atoms with Gasteiger partial charge in [-0.1, -0.05) is 48.7 Å². The Morgan fingerprint density at radius 3 is 2.65 bits per heavy atom. The largest absolute Gasteiger partial charge is 0.444 e. The molecule has 11 nitrogen and oxygen atoms in total. The standard InChI is InChI=1S/C35H46ClN5O6S/c1-33(2,3)47-32(45)38-26-13-8-6-4-5-7-11-23-17-35(23,31(44)40-48(46)25-14-15-25)39-29(42)28-19-34(21-41(28)30(26)43)18-27(37-20-34)22-10-9-12-24(36)16-22/h7,9-12,16,23,25-26,28H,4-6,8,13-15,17-21H2,1-3H3,(H,38,45)(H,39,42)(H,40,44)/b11-7-. The summed E-state index contributed by atoms with van der Waals surface area (Å²) in [6.07, 6.45) is 9.77. The topological polar surface area (TPSA) is 146 Å². The third kappa shape index (κ3) is 7.80. The number of nitrogens with zero attached hydrogens (tertiary/aromatic N) is 2. The van der Waals surface area contributed by atoms with Crippen LogP contribution in [0, 0.1) is 11.3 Å². The van der Waals surface area contributed by atoms with Crippen molar-refractivity contribution in [3.8, 4) is 0 Å². The van der Waals surface area contributed by atoms with Gasteiger partial charge in [-0.3, -0.25) is 24.1 Å². The highest BCUT2D eigenvalue weighted by Gasteiger charge is 2.62. The molecule has 0 radical (unpaired) electrons. The fourth-order valence-corrected chi connectivity index (χ4v) is 8.43. The van der Waals surface area contributed by atoms with E-state index >= 15 is 0 Å². The third-order valence-electron chi connectivity index (χ3n) is 9.91. The van der Waals surface area contributed by atoms with Crippen LogP contribution < -0.4 is 15.4 Å². The Labute approximate surface area is 289 Å². The van der Waals surface area contributed by atoms with Gasteiger partial charge in [-0.15, -0.1) is 0 Å². The minimum atomic E-state index is -1.51. The molecule has 260 valence electrons. The van der Waals surface area contributed by atoms with Gasteiger partial charge < -0.3 is 20.3 Å². The summed E-state index contributed by atoms with van der Waals surface area (Å²) in [6, 6.07) is 5.69. The highest BCUT2D eigenvalue weighted by molar-refractivity contribution is 7.84. The molecule has 6 atom stereocenters. The lowest BCUT2D eigenvalue weighted by atomic mass is 9.81. The van der Waals surface area contributed by atoms with Crippen LogP contribution in [0.5, 0.6) is 0 Å². The Morgan fingerprint density at radius 1 is 1.12 bits per heavy atom. The Bertz CT molecular complexity index is 1560. The second-order valence-corrected chi connectivity index (χ2v) is 17.0. The lowest BCUT2D eigenvalue weighted by molar-refractivity contribution is -0.141. The molecule has 1 spiro atoms. The van der Waals surface area contributed by atoms with E-state index in [1.54, 1.807) is 31.7 Å². The summed E-state index contributed by atoms with van der Waals surface area (Å²) in [5.41, 5.74) is -0.743. The van der Waals surface area contributed by atoms with E-state index in [0.717, 1.165) is 43.4 Å². The molecule has 3 heterocycles. The summed E-state index contributed by atoms with van der Waals surface area (Å²) in [5.74, 6) is -1.50. The van der Waals surface area contributed by atoms with Gasteiger partial charge in [0.25, 0.3) is 5.91 Å². The maximum absolute atomic E-state index is 14.5. The number of carbonyl (C=O) groups is 4. The molecule has 3 fully saturated rings. The lowest BCUT2D eigenvalue weighted by Gasteiger charge is -2.31. The number of rotatable bonds is 5. The van der Waals surface area contributed by atoms with Crippen LogP contribution in [0.15, 0.2) is 41.4 Å². The van der Waals surface area contributed by atoms with Crippen molar-refractivity contribution >= 4 is 52.1 Å². The molecule has 2 saturated carbocycles. The van der Waals surface area contributed by atoms with Crippen molar-refractivity contribution in [2.45, 2.75) is 113 Å². The first-order valence-corrected chi connectivity index (χ1v) is 18.7.